The number of rotatable bonds is 2. The number of benzene rings is 1. The number of ether oxygens (including phenoxy) is 1. The summed E-state index contributed by atoms with van der Waals surface area (Å²) in [7, 11) is 0. The van der Waals surface area contributed by atoms with Crippen molar-refractivity contribution in [2.24, 2.45) is 0 Å². The van der Waals surface area contributed by atoms with Gasteiger partial charge in [0, 0.05) is 37.3 Å². The lowest BCUT2D eigenvalue weighted by Gasteiger charge is -2.31. The van der Waals surface area contributed by atoms with Gasteiger partial charge in [-0.15, -0.1) is 0 Å². The van der Waals surface area contributed by atoms with Gasteiger partial charge in [-0.1, -0.05) is 6.07 Å². The number of carbonyl (C=O) groups excluding carboxylic acids is 2. The molecule has 0 N–H and O–H groups in total. The van der Waals surface area contributed by atoms with Crippen LogP contribution in [0.4, 0.5) is 5.69 Å². The average Bonchev–Trinajstić information content (AvgIpc) is 2.93. The van der Waals surface area contributed by atoms with Crippen LogP contribution in [0.2, 0.25) is 0 Å². The van der Waals surface area contributed by atoms with E-state index in [1.54, 1.807) is 4.90 Å². The van der Waals surface area contributed by atoms with E-state index in [2.05, 4.69) is 0 Å². The molecule has 0 spiro atoms. The minimum atomic E-state index is 0.0126. The first-order chi connectivity index (χ1) is 10.1. The third-order valence-electron chi connectivity index (χ3n) is 4.01. The number of amides is 2. The molecule has 1 unspecified atom stereocenters. The van der Waals surface area contributed by atoms with Crippen LogP contribution >= 0.6 is 0 Å². The van der Waals surface area contributed by atoms with Crippen LogP contribution in [-0.2, 0) is 9.53 Å². The third-order valence-corrected chi connectivity index (χ3v) is 4.01. The fraction of sp³-hybridized carbons (Fsp3) is 0.500. The average molecular weight is 288 g/mol. The largest absolute Gasteiger partial charge is 0.375 e. The first kappa shape index (κ1) is 14.1. The van der Waals surface area contributed by atoms with Gasteiger partial charge in [0.1, 0.15) is 0 Å². The van der Waals surface area contributed by atoms with Crippen molar-refractivity contribution in [3.63, 3.8) is 0 Å². The number of carbonyl (C=O) groups is 2. The van der Waals surface area contributed by atoms with Crippen LogP contribution < -0.4 is 4.90 Å². The molecule has 2 heterocycles. The van der Waals surface area contributed by atoms with Crippen LogP contribution in [0.15, 0.2) is 24.3 Å². The molecule has 2 amide bonds. The lowest BCUT2D eigenvalue weighted by atomic mass is 10.1. The molecule has 1 aromatic carbocycles. The maximum atomic E-state index is 12.6. The lowest BCUT2D eigenvalue weighted by Crippen LogP contribution is -2.44. The van der Waals surface area contributed by atoms with E-state index in [0.717, 1.165) is 18.7 Å². The van der Waals surface area contributed by atoms with E-state index in [9.17, 15) is 9.59 Å². The number of hydrogen-bond acceptors (Lipinski definition) is 3. The summed E-state index contributed by atoms with van der Waals surface area (Å²) in [6.45, 7) is 4.53. The second-order valence-electron chi connectivity index (χ2n) is 5.63. The Hall–Kier alpha value is -1.88. The van der Waals surface area contributed by atoms with Gasteiger partial charge < -0.3 is 14.5 Å². The first-order valence-corrected chi connectivity index (χ1v) is 7.46. The van der Waals surface area contributed by atoms with Crippen LogP contribution in [0.3, 0.4) is 0 Å². The SMILES string of the molecule is CC1CN(C(=O)c2cccc(N3CCCC3=O)c2)CCO1. The molecule has 5 nitrogen and oxygen atoms in total. The van der Waals surface area contributed by atoms with E-state index in [4.69, 9.17) is 4.74 Å². The summed E-state index contributed by atoms with van der Waals surface area (Å²) in [5.41, 5.74) is 1.46. The molecule has 0 radical (unpaired) electrons. The van der Waals surface area contributed by atoms with Crippen molar-refractivity contribution in [1.82, 2.24) is 4.90 Å². The van der Waals surface area contributed by atoms with Crippen LogP contribution in [0.1, 0.15) is 30.1 Å². The molecule has 0 aromatic heterocycles. The lowest BCUT2D eigenvalue weighted by molar-refractivity contribution is -0.117. The highest BCUT2D eigenvalue weighted by Gasteiger charge is 2.25. The van der Waals surface area contributed by atoms with Crippen molar-refractivity contribution in [2.75, 3.05) is 31.1 Å². The van der Waals surface area contributed by atoms with Crippen molar-refractivity contribution < 1.29 is 14.3 Å². The molecule has 0 saturated carbocycles. The Balaban J connectivity index is 1.79. The zero-order chi connectivity index (χ0) is 14.8. The molecule has 2 saturated heterocycles. The maximum Gasteiger partial charge on any atom is 0.254 e. The smallest absolute Gasteiger partial charge is 0.254 e. The van der Waals surface area contributed by atoms with Gasteiger partial charge >= 0.3 is 0 Å². The van der Waals surface area contributed by atoms with E-state index in [1.165, 1.54) is 0 Å². The highest BCUT2D eigenvalue weighted by Crippen LogP contribution is 2.23. The molecule has 1 aromatic rings. The van der Waals surface area contributed by atoms with Gasteiger partial charge in [-0.05, 0) is 31.5 Å². The van der Waals surface area contributed by atoms with Crippen LogP contribution in [0.25, 0.3) is 0 Å². The minimum absolute atomic E-state index is 0.0126. The summed E-state index contributed by atoms with van der Waals surface area (Å²) < 4.78 is 5.47. The molecule has 2 fully saturated rings. The molecular formula is C16H20N2O3. The van der Waals surface area contributed by atoms with Crippen molar-refractivity contribution >= 4 is 17.5 Å². The van der Waals surface area contributed by atoms with Gasteiger partial charge in [0.2, 0.25) is 5.91 Å². The minimum Gasteiger partial charge on any atom is -0.375 e. The van der Waals surface area contributed by atoms with Crippen molar-refractivity contribution in [1.29, 1.82) is 0 Å². The molecule has 3 rings (SSSR count). The van der Waals surface area contributed by atoms with Gasteiger partial charge in [-0.3, -0.25) is 9.59 Å². The highest BCUT2D eigenvalue weighted by atomic mass is 16.5. The molecule has 1 atom stereocenters. The molecule has 2 aliphatic rings. The summed E-state index contributed by atoms with van der Waals surface area (Å²) in [5.74, 6) is 0.151. The van der Waals surface area contributed by atoms with Gasteiger partial charge in [-0.25, -0.2) is 0 Å². The molecule has 21 heavy (non-hydrogen) atoms. The van der Waals surface area contributed by atoms with Gasteiger partial charge in [0.25, 0.3) is 5.91 Å². The summed E-state index contributed by atoms with van der Waals surface area (Å²) in [6, 6.07) is 7.37. The highest BCUT2D eigenvalue weighted by molar-refractivity contribution is 5.99. The molecule has 5 heteroatoms. The van der Waals surface area contributed by atoms with E-state index >= 15 is 0 Å². The fourth-order valence-electron chi connectivity index (χ4n) is 2.91. The maximum absolute atomic E-state index is 12.6. The number of anilines is 1. The number of nitrogens with zero attached hydrogens (tertiary/aromatic N) is 2. The summed E-state index contributed by atoms with van der Waals surface area (Å²) in [4.78, 5) is 28.0. The van der Waals surface area contributed by atoms with Gasteiger partial charge in [-0.2, -0.15) is 0 Å². The Morgan fingerprint density at radius 2 is 2.19 bits per heavy atom. The Kier molecular flexibility index (Phi) is 3.92. The molecule has 112 valence electrons. The predicted octanol–water partition coefficient (Wildman–Crippen LogP) is 1.67. The Bertz CT molecular complexity index is 558. The monoisotopic (exact) mass is 288 g/mol. The van der Waals surface area contributed by atoms with Crippen LogP contribution in [0.5, 0.6) is 0 Å². The normalized spacial score (nSPS) is 22.7. The van der Waals surface area contributed by atoms with Crippen LogP contribution in [0, 0.1) is 0 Å². The summed E-state index contributed by atoms with van der Waals surface area (Å²) >= 11 is 0. The summed E-state index contributed by atoms with van der Waals surface area (Å²) in [5, 5.41) is 0. The topological polar surface area (TPSA) is 49.9 Å². The first-order valence-electron chi connectivity index (χ1n) is 7.46. The van der Waals surface area contributed by atoms with Gasteiger partial charge in [0.15, 0.2) is 0 Å². The zero-order valence-electron chi connectivity index (χ0n) is 12.2. The Labute approximate surface area is 124 Å². The molecule has 0 bridgehead atoms. The zero-order valence-corrected chi connectivity index (χ0v) is 12.2. The quantitative estimate of drug-likeness (QED) is 0.832. The van der Waals surface area contributed by atoms with E-state index < -0.39 is 0 Å². The molecule has 0 aliphatic carbocycles. The predicted molar refractivity (Wildman–Crippen MR) is 79.3 cm³/mol. The number of hydrogen-bond donors (Lipinski definition) is 0. The van der Waals surface area contributed by atoms with E-state index in [1.807, 2.05) is 36.1 Å². The van der Waals surface area contributed by atoms with Crippen molar-refractivity contribution in [3.05, 3.63) is 29.8 Å². The van der Waals surface area contributed by atoms with Crippen molar-refractivity contribution in [2.45, 2.75) is 25.9 Å². The number of morpholine rings is 1. The summed E-state index contributed by atoms with van der Waals surface area (Å²) in [6.07, 6.45) is 1.56. The second-order valence-corrected chi connectivity index (χ2v) is 5.63. The molecule has 2 aliphatic heterocycles. The van der Waals surface area contributed by atoms with Gasteiger partial charge in [0.05, 0.1) is 12.7 Å². The van der Waals surface area contributed by atoms with Crippen LogP contribution in [-0.4, -0.2) is 49.1 Å². The second kappa shape index (κ2) is 5.85. The standard InChI is InChI=1S/C16H20N2O3/c1-12-11-17(8-9-21-12)16(20)13-4-2-5-14(10-13)18-7-3-6-15(18)19/h2,4-5,10,12H,3,6-9,11H2,1H3. The van der Waals surface area contributed by atoms with E-state index in [0.29, 0.717) is 31.7 Å². The van der Waals surface area contributed by atoms with Crippen molar-refractivity contribution in [3.8, 4) is 0 Å². The fourth-order valence-corrected chi connectivity index (χ4v) is 2.91. The Morgan fingerprint density at radius 1 is 1.33 bits per heavy atom. The Morgan fingerprint density at radius 3 is 2.90 bits per heavy atom. The van der Waals surface area contributed by atoms with E-state index in [-0.39, 0.29) is 17.9 Å². The molecular weight excluding hydrogens is 268 g/mol. The third kappa shape index (κ3) is 2.93.